The van der Waals surface area contributed by atoms with E-state index in [1.54, 1.807) is 0 Å². The Morgan fingerprint density at radius 3 is 2.75 bits per heavy atom. The molecule has 0 aliphatic carbocycles. The summed E-state index contributed by atoms with van der Waals surface area (Å²) < 4.78 is 5.63. The van der Waals surface area contributed by atoms with Gasteiger partial charge < -0.3 is 20.3 Å². The smallest absolute Gasteiger partial charge is 0.315 e. The van der Waals surface area contributed by atoms with Crippen LogP contribution < -0.4 is 15.4 Å². The van der Waals surface area contributed by atoms with Gasteiger partial charge in [-0.3, -0.25) is 0 Å². The highest BCUT2D eigenvalue weighted by Gasteiger charge is 2.19. The molecule has 1 aromatic carbocycles. The van der Waals surface area contributed by atoms with Crippen LogP contribution in [0.25, 0.3) is 0 Å². The van der Waals surface area contributed by atoms with E-state index in [9.17, 15) is 4.79 Å². The lowest BCUT2D eigenvalue weighted by atomic mass is 10.1. The number of urea groups is 1. The van der Waals surface area contributed by atoms with Crippen molar-refractivity contribution < 1.29 is 9.53 Å². The number of carbonyl (C=O) groups is 1. The van der Waals surface area contributed by atoms with Gasteiger partial charge in [0.15, 0.2) is 0 Å². The van der Waals surface area contributed by atoms with Crippen LogP contribution in [0.2, 0.25) is 0 Å². The molecular formula is C19H31N3O2. The molecule has 5 heteroatoms. The Morgan fingerprint density at radius 1 is 1.33 bits per heavy atom. The molecule has 1 fully saturated rings. The first-order valence-corrected chi connectivity index (χ1v) is 9.09. The molecule has 1 saturated heterocycles. The standard InChI is InChI=1S/C19H31N3O2/c1-4-22-13-5-6-17(14-22)21-19(23)20-12-11-16-7-9-18(10-8-16)24-15(2)3/h7-10,15,17H,4-6,11-14H2,1-3H3,(H2,20,21,23)/t17-/m0/s1. The number of hydrogen-bond acceptors (Lipinski definition) is 3. The van der Waals surface area contributed by atoms with E-state index in [4.69, 9.17) is 4.74 Å². The molecule has 0 spiro atoms. The second-order valence-electron chi connectivity index (χ2n) is 6.69. The van der Waals surface area contributed by atoms with Crippen LogP contribution in [0.15, 0.2) is 24.3 Å². The Kier molecular flexibility index (Phi) is 7.37. The highest BCUT2D eigenvalue weighted by Crippen LogP contribution is 2.14. The third-order valence-corrected chi connectivity index (χ3v) is 4.28. The minimum Gasteiger partial charge on any atom is -0.491 e. The number of rotatable bonds is 7. The largest absolute Gasteiger partial charge is 0.491 e. The number of hydrogen-bond donors (Lipinski definition) is 2. The van der Waals surface area contributed by atoms with Gasteiger partial charge in [-0.05, 0) is 63.9 Å². The predicted molar refractivity (Wildman–Crippen MR) is 97.6 cm³/mol. The molecule has 1 atom stereocenters. The van der Waals surface area contributed by atoms with Gasteiger partial charge in [-0.15, -0.1) is 0 Å². The normalized spacial score (nSPS) is 18.4. The fraction of sp³-hybridized carbons (Fsp3) is 0.632. The van der Waals surface area contributed by atoms with Crippen LogP contribution in [0.4, 0.5) is 4.79 Å². The van der Waals surface area contributed by atoms with Crippen LogP contribution in [0.5, 0.6) is 5.75 Å². The van der Waals surface area contributed by atoms with Crippen LogP contribution in [0.1, 0.15) is 39.2 Å². The lowest BCUT2D eigenvalue weighted by Gasteiger charge is -2.32. The Hall–Kier alpha value is -1.75. The molecule has 1 aromatic rings. The first-order valence-electron chi connectivity index (χ1n) is 9.09. The zero-order valence-electron chi connectivity index (χ0n) is 15.2. The van der Waals surface area contributed by atoms with E-state index < -0.39 is 0 Å². The summed E-state index contributed by atoms with van der Waals surface area (Å²) in [6, 6.07) is 8.28. The van der Waals surface area contributed by atoms with Crippen molar-refractivity contribution >= 4 is 6.03 Å². The zero-order chi connectivity index (χ0) is 17.4. The van der Waals surface area contributed by atoms with E-state index in [1.165, 1.54) is 5.56 Å². The van der Waals surface area contributed by atoms with Crippen molar-refractivity contribution in [1.82, 2.24) is 15.5 Å². The summed E-state index contributed by atoms with van der Waals surface area (Å²) in [6.45, 7) is 10.00. The van der Waals surface area contributed by atoms with Crippen molar-refractivity contribution in [2.24, 2.45) is 0 Å². The van der Waals surface area contributed by atoms with Crippen molar-refractivity contribution in [3.8, 4) is 5.75 Å². The maximum Gasteiger partial charge on any atom is 0.315 e. The van der Waals surface area contributed by atoms with Crippen molar-refractivity contribution in [2.45, 2.75) is 52.2 Å². The number of piperidine rings is 1. The molecule has 2 amide bonds. The molecular weight excluding hydrogens is 302 g/mol. The molecule has 134 valence electrons. The number of amides is 2. The first-order chi connectivity index (χ1) is 11.6. The van der Waals surface area contributed by atoms with Gasteiger partial charge >= 0.3 is 6.03 Å². The number of likely N-dealkylation sites (N-methyl/N-ethyl adjacent to an activating group) is 1. The number of nitrogens with one attached hydrogen (secondary N) is 2. The minimum absolute atomic E-state index is 0.0577. The van der Waals surface area contributed by atoms with Crippen LogP contribution in [0, 0.1) is 0 Å². The summed E-state index contributed by atoms with van der Waals surface area (Å²) in [5, 5.41) is 6.05. The topological polar surface area (TPSA) is 53.6 Å². The van der Waals surface area contributed by atoms with Gasteiger partial charge in [-0.1, -0.05) is 19.1 Å². The predicted octanol–water partition coefficient (Wildman–Crippen LogP) is 2.80. The Balaban J connectivity index is 1.67. The number of benzene rings is 1. The third-order valence-electron chi connectivity index (χ3n) is 4.28. The monoisotopic (exact) mass is 333 g/mol. The van der Waals surface area contributed by atoms with Crippen LogP contribution in [-0.2, 0) is 6.42 Å². The fourth-order valence-corrected chi connectivity index (χ4v) is 3.02. The van der Waals surface area contributed by atoms with Crippen LogP contribution in [-0.4, -0.2) is 49.3 Å². The molecule has 5 nitrogen and oxygen atoms in total. The summed E-state index contributed by atoms with van der Waals surface area (Å²) in [6.07, 6.45) is 3.23. The number of ether oxygens (including phenoxy) is 1. The van der Waals surface area contributed by atoms with Gasteiger partial charge in [0, 0.05) is 19.1 Å². The highest BCUT2D eigenvalue weighted by atomic mass is 16.5. The SMILES string of the molecule is CCN1CCC[C@H](NC(=O)NCCc2ccc(OC(C)C)cc2)C1. The molecule has 0 aromatic heterocycles. The van der Waals surface area contributed by atoms with E-state index in [0.717, 1.165) is 44.6 Å². The van der Waals surface area contributed by atoms with E-state index in [0.29, 0.717) is 6.54 Å². The van der Waals surface area contributed by atoms with E-state index in [1.807, 2.05) is 26.0 Å². The van der Waals surface area contributed by atoms with E-state index in [-0.39, 0.29) is 18.2 Å². The highest BCUT2D eigenvalue weighted by molar-refractivity contribution is 5.74. The van der Waals surface area contributed by atoms with Crippen molar-refractivity contribution in [3.05, 3.63) is 29.8 Å². The third kappa shape index (κ3) is 6.40. The molecule has 2 N–H and O–H groups in total. The summed E-state index contributed by atoms with van der Waals surface area (Å²) in [7, 11) is 0. The van der Waals surface area contributed by atoms with Crippen molar-refractivity contribution in [3.63, 3.8) is 0 Å². The number of likely N-dealkylation sites (tertiary alicyclic amines) is 1. The number of nitrogens with zero attached hydrogens (tertiary/aromatic N) is 1. The molecule has 1 aliphatic rings. The Bertz CT molecular complexity index is 502. The fourth-order valence-electron chi connectivity index (χ4n) is 3.02. The zero-order valence-corrected chi connectivity index (χ0v) is 15.2. The molecule has 2 rings (SSSR count). The Labute approximate surface area is 145 Å². The van der Waals surface area contributed by atoms with Gasteiger partial charge in [0.25, 0.3) is 0 Å². The molecule has 24 heavy (non-hydrogen) atoms. The van der Waals surface area contributed by atoms with Gasteiger partial charge in [-0.25, -0.2) is 4.79 Å². The van der Waals surface area contributed by atoms with Gasteiger partial charge in [0.1, 0.15) is 5.75 Å². The lowest BCUT2D eigenvalue weighted by Crippen LogP contribution is -2.50. The summed E-state index contributed by atoms with van der Waals surface area (Å²) in [5.74, 6) is 0.886. The van der Waals surface area contributed by atoms with Gasteiger partial charge in [0.2, 0.25) is 0 Å². The molecule has 0 radical (unpaired) electrons. The Morgan fingerprint density at radius 2 is 2.08 bits per heavy atom. The maximum atomic E-state index is 12.0. The molecule has 0 bridgehead atoms. The quantitative estimate of drug-likeness (QED) is 0.807. The molecule has 1 aliphatic heterocycles. The minimum atomic E-state index is -0.0577. The summed E-state index contributed by atoms with van der Waals surface area (Å²) >= 11 is 0. The maximum absolute atomic E-state index is 12.0. The van der Waals surface area contributed by atoms with E-state index >= 15 is 0 Å². The van der Waals surface area contributed by atoms with Crippen molar-refractivity contribution in [1.29, 1.82) is 0 Å². The van der Waals surface area contributed by atoms with Gasteiger partial charge in [-0.2, -0.15) is 0 Å². The summed E-state index contributed by atoms with van der Waals surface area (Å²) in [4.78, 5) is 14.4. The second kappa shape index (κ2) is 9.52. The van der Waals surface area contributed by atoms with Crippen LogP contribution in [0.3, 0.4) is 0 Å². The first kappa shape index (κ1) is 18.6. The summed E-state index contributed by atoms with van der Waals surface area (Å²) in [5.41, 5.74) is 1.20. The number of carbonyl (C=O) groups excluding carboxylic acids is 1. The molecule has 1 heterocycles. The molecule has 0 saturated carbocycles. The lowest BCUT2D eigenvalue weighted by molar-refractivity contribution is 0.192. The van der Waals surface area contributed by atoms with Crippen LogP contribution >= 0.6 is 0 Å². The van der Waals surface area contributed by atoms with Crippen molar-refractivity contribution in [2.75, 3.05) is 26.2 Å². The van der Waals surface area contributed by atoms with E-state index in [2.05, 4.69) is 34.6 Å². The molecule has 0 unspecified atom stereocenters. The average Bonchev–Trinajstić information content (AvgIpc) is 2.56. The van der Waals surface area contributed by atoms with Gasteiger partial charge in [0.05, 0.1) is 6.10 Å². The average molecular weight is 333 g/mol. The second-order valence-corrected chi connectivity index (χ2v) is 6.69.